The van der Waals surface area contributed by atoms with E-state index in [1.807, 2.05) is 54.6 Å². The maximum Gasteiger partial charge on any atom is 0.234 e. The molecule has 4 rings (SSSR count). The summed E-state index contributed by atoms with van der Waals surface area (Å²) in [5.41, 5.74) is 1.54. The minimum atomic E-state index is -0.124. The second-order valence-corrected chi connectivity index (χ2v) is 7.13. The number of anilines is 1. The van der Waals surface area contributed by atoms with E-state index >= 15 is 0 Å². The normalized spacial score (nSPS) is 10.9. The fourth-order valence-corrected chi connectivity index (χ4v) is 3.42. The largest absolute Gasteiger partial charge is 0.325 e. The average Bonchev–Trinajstić information content (AvgIpc) is 3.15. The zero-order valence-corrected chi connectivity index (χ0v) is 15.6. The monoisotopic (exact) mass is 395 g/mol. The zero-order chi connectivity index (χ0) is 18.6. The average molecular weight is 396 g/mol. The molecule has 0 saturated heterocycles. The van der Waals surface area contributed by atoms with E-state index in [4.69, 9.17) is 11.6 Å². The molecule has 0 fully saturated rings. The highest BCUT2D eigenvalue weighted by atomic mass is 35.5. The SMILES string of the molecule is O=C(CSc1nnnn1-c1ccc(Cl)cc1)Nc1ccc2ccccc2c1. The summed E-state index contributed by atoms with van der Waals surface area (Å²) in [5.74, 6) is 0.0711. The number of carbonyl (C=O) groups excluding carboxylic acids is 1. The first-order valence-electron chi connectivity index (χ1n) is 8.15. The molecule has 0 saturated carbocycles. The van der Waals surface area contributed by atoms with Gasteiger partial charge in [0, 0.05) is 10.7 Å². The van der Waals surface area contributed by atoms with Crippen molar-refractivity contribution in [3.05, 3.63) is 71.8 Å². The first-order valence-corrected chi connectivity index (χ1v) is 9.51. The summed E-state index contributed by atoms with van der Waals surface area (Å²) in [4.78, 5) is 12.3. The van der Waals surface area contributed by atoms with E-state index in [1.54, 1.807) is 16.8 Å². The summed E-state index contributed by atoms with van der Waals surface area (Å²) in [6.45, 7) is 0. The number of nitrogens with zero attached hydrogens (tertiary/aromatic N) is 4. The van der Waals surface area contributed by atoms with Gasteiger partial charge in [-0.25, -0.2) is 0 Å². The second-order valence-electron chi connectivity index (χ2n) is 5.75. The molecule has 3 aromatic carbocycles. The quantitative estimate of drug-likeness (QED) is 0.513. The van der Waals surface area contributed by atoms with Gasteiger partial charge in [-0.3, -0.25) is 4.79 Å². The number of hydrogen-bond acceptors (Lipinski definition) is 5. The number of hydrogen-bond donors (Lipinski definition) is 1. The van der Waals surface area contributed by atoms with Crippen LogP contribution in [0.5, 0.6) is 0 Å². The van der Waals surface area contributed by atoms with Crippen LogP contribution >= 0.6 is 23.4 Å². The van der Waals surface area contributed by atoms with Gasteiger partial charge >= 0.3 is 0 Å². The van der Waals surface area contributed by atoms with Crippen molar-refractivity contribution in [1.29, 1.82) is 0 Å². The van der Waals surface area contributed by atoms with Gasteiger partial charge in [0.15, 0.2) is 0 Å². The van der Waals surface area contributed by atoms with Crippen LogP contribution in [-0.2, 0) is 4.79 Å². The molecule has 6 nitrogen and oxygen atoms in total. The maximum atomic E-state index is 12.3. The van der Waals surface area contributed by atoms with E-state index in [0.717, 1.165) is 22.1 Å². The van der Waals surface area contributed by atoms with Crippen molar-refractivity contribution in [1.82, 2.24) is 20.2 Å². The smallest absolute Gasteiger partial charge is 0.234 e. The van der Waals surface area contributed by atoms with Crippen LogP contribution in [0.2, 0.25) is 5.02 Å². The molecule has 1 N–H and O–H groups in total. The van der Waals surface area contributed by atoms with Crippen LogP contribution in [0.1, 0.15) is 0 Å². The number of aromatic nitrogens is 4. The number of nitrogens with one attached hydrogen (secondary N) is 1. The van der Waals surface area contributed by atoms with E-state index in [2.05, 4.69) is 20.8 Å². The second kappa shape index (κ2) is 7.77. The van der Waals surface area contributed by atoms with E-state index in [1.165, 1.54) is 11.8 Å². The van der Waals surface area contributed by atoms with Gasteiger partial charge in [0.05, 0.1) is 11.4 Å². The first-order chi connectivity index (χ1) is 13.2. The van der Waals surface area contributed by atoms with Gasteiger partial charge < -0.3 is 5.32 Å². The lowest BCUT2D eigenvalue weighted by Gasteiger charge is -2.07. The maximum absolute atomic E-state index is 12.3. The van der Waals surface area contributed by atoms with Gasteiger partial charge in [-0.05, 0) is 57.6 Å². The van der Waals surface area contributed by atoms with Crippen molar-refractivity contribution < 1.29 is 4.79 Å². The molecule has 0 spiro atoms. The Hall–Kier alpha value is -2.90. The third-order valence-corrected chi connectivity index (χ3v) is 5.05. The molecular weight excluding hydrogens is 382 g/mol. The number of tetrazole rings is 1. The van der Waals surface area contributed by atoms with Crippen LogP contribution < -0.4 is 5.32 Å². The van der Waals surface area contributed by atoms with Gasteiger partial charge in [0.25, 0.3) is 0 Å². The number of amides is 1. The predicted octanol–water partition coefficient (Wildman–Crippen LogP) is 4.20. The molecule has 0 aliphatic heterocycles. The van der Waals surface area contributed by atoms with E-state index in [0.29, 0.717) is 10.2 Å². The van der Waals surface area contributed by atoms with Crippen molar-refractivity contribution in [3.8, 4) is 5.69 Å². The molecule has 0 aliphatic carbocycles. The van der Waals surface area contributed by atoms with Crippen LogP contribution in [-0.4, -0.2) is 31.9 Å². The Kier molecular flexibility index (Phi) is 5.04. The molecule has 1 aromatic heterocycles. The van der Waals surface area contributed by atoms with Gasteiger partial charge in [-0.1, -0.05) is 53.7 Å². The highest BCUT2D eigenvalue weighted by Crippen LogP contribution is 2.21. The van der Waals surface area contributed by atoms with Gasteiger partial charge in [0.1, 0.15) is 0 Å². The van der Waals surface area contributed by atoms with Gasteiger partial charge in [0.2, 0.25) is 11.1 Å². The lowest BCUT2D eigenvalue weighted by Crippen LogP contribution is -2.14. The molecule has 4 aromatic rings. The fourth-order valence-electron chi connectivity index (χ4n) is 2.61. The molecule has 1 amide bonds. The lowest BCUT2D eigenvalue weighted by molar-refractivity contribution is -0.113. The molecule has 8 heteroatoms. The number of thioether (sulfide) groups is 1. The van der Waals surface area contributed by atoms with Crippen LogP contribution in [0.15, 0.2) is 71.9 Å². The van der Waals surface area contributed by atoms with Crippen molar-refractivity contribution in [2.24, 2.45) is 0 Å². The van der Waals surface area contributed by atoms with Gasteiger partial charge in [-0.2, -0.15) is 4.68 Å². The van der Waals surface area contributed by atoms with E-state index in [9.17, 15) is 4.79 Å². The van der Waals surface area contributed by atoms with Crippen LogP contribution in [0.4, 0.5) is 5.69 Å². The van der Waals surface area contributed by atoms with E-state index < -0.39 is 0 Å². The number of rotatable bonds is 5. The molecule has 0 radical (unpaired) electrons. The third kappa shape index (κ3) is 4.10. The Balaban J connectivity index is 1.42. The van der Waals surface area contributed by atoms with E-state index in [-0.39, 0.29) is 11.7 Å². The summed E-state index contributed by atoms with van der Waals surface area (Å²) in [7, 11) is 0. The molecule has 27 heavy (non-hydrogen) atoms. The molecule has 0 aliphatic rings. The number of carbonyl (C=O) groups is 1. The number of fused-ring (bicyclic) bond motifs is 1. The highest BCUT2D eigenvalue weighted by Gasteiger charge is 2.12. The first kappa shape index (κ1) is 17.5. The Morgan fingerprint density at radius 3 is 2.63 bits per heavy atom. The van der Waals surface area contributed by atoms with Crippen LogP contribution in [0.25, 0.3) is 16.5 Å². The number of halogens is 1. The lowest BCUT2D eigenvalue weighted by atomic mass is 10.1. The Bertz CT molecular complexity index is 1100. The third-order valence-electron chi connectivity index (χ3n) is 3.88. The highest BCUT2D eigenvalue weighted by molar-refractivity contribution is 7.99. The van der Waals surface area contributed by atoms with Crippen LogP contribution in [0, 0.1) is 0 Å². The van der Waals surface area contributed by atoms with Gasteiger partial charge in [-0.15, -0.1) is 5.10 Å². The molecule has 134 valence electrons. The van der Waals surface area contributed by atoms with Crippen molar-refractivity contribution in [2.45, 2.75) is 5.16 Å². The Morgan fingerprint density at radius 2 is 1.81 bits per heavy atom. The number of benzene rings is 3. The van der Waals surface area contributed by atoms with Crippen molar-refractivity contribution >= 4 is 45.7 Å². The fraction of sp³-hybridized carbons (Fsp3) is 0.0526. The Labute approximate surface area is 164 Å². The standard InChI is InChI=1S/C19H14ClN5OS/c20-15-6-9-17(10-7-15)25-19(22-23-24-25)27-12-18(26)21-16-8-5-13-3-1-2-4-14(13)11-16/h1-11H,12H2,(H,21,26). The van der Waals surface area contributed by atoms with Crippen LogP contribution in [0.3, 0.4) is 0 Å². The summed E-state index contributed by atoms with van der Waals surface area (Å²) < 4.78 is 1.57. The van der Waals surface area contributed by atoms with Crippen molar-refractivity contribution in [3.63, 3.8) is 0 Å². The predicted molar refractivity (Wildman–Crippen MR) is 107 cm³/mol. The molecule has 0 bridgehead atoms. The summed E-state index contributed by atoms with van der Waals surface area (Å²) in [6.07, 6.45) is 0. The zero-order valence-electron chi connectivity index (χ0n) is 14.0. The topological polar surface area (TPSA) is 72.7 Å². The molecule has 1 heterocycles. The Morgan fingerprint density at radius 1 is 1.04 bits per heavy atom. The molecule has 0 atom stereocenters. The van der Waals surface area contributed by atoms with Crippen molar-refractivity contribution in [2.75, 3.05) is 11.1 Å². The molecular formula is C19H14ClN5OS. The summed E-state index contributed by atoms with van der Waals surface area (Å²) >= 11 is 7.18. The minimum absolute atomic E-state index is 0.124. The minimum Gasteiger partial charge on any atom is -0.325 e. The molecule has 0 unspecified atom stereocenters. The summed E-state index contributed by atoms with van der Waals surface area (Å²) in [6, 6.07) is 21.0. The summed E-state index contributed by atoms with van der Waals surface area (Å²) in [5, 5.41) is 17.9.